The first-order valence-corrected chi connectivity index (χ1v) is 9.46. The van der Waals surface area contributed by atoms with Crippen LogP contribution in [-0.2, 0) is 29.0 Å². The largest absolute Gasteiger partial charge is 0.368 e. The highest BCUT2D eigenvalue weighted by molar-refractivity contribution is 5.90. The number of primary amides is 1. The van der Waals surface area contributed by atoms with Gasteiger partial charge in [0, 0.05) is 24.0 Å². The normalized spacial score (nSPS) is 16.1. The molecule has 2 amide bonds. The van der Waals surface area contributed by atoms with E-state index in [-0.39, 0.29) is 12.3 Å². The van der Waals surface area contributed by atoms with Gasteiger partial charge in [0.25, 0.3) is 0 Å². The van der Waals surface area contributed by atoms with Crippen molar-refractivity contribution in [3.05, 3.63) is 76.5 Å². The molecule has 5 nitrogen and oxygen atoms in total. The molecule has 1 aliphatic heterocycles. The number of benzene rings is 2. The number of nitrogens with two attached hydrogens (primary N) is 1. The second-order valence-electron chi connectivity index (χ2n) is 7.41. The van der Waals surface area contributed by atoms with Gasteiger partial charge >= 0.3 is 0 Å². The number of rotatable bonds is 3. The van der Waals surface area contributed by atoms with Crippen molar-refractivity contribution in [3.8, 4) is 0 Å². The maximum Gasteiger partial charge on any atom is 0.240 e. The van der Waals surface area contributed by atoms with Crippen LogP contribution in [0.5, 0.6) is 0 Å². The zero-order valence-corrected chi connectivity index (χ0v) is 16.1. The van der Waals surface area contributed by atoms with Crippen molar-refractivity contribution in [3.63, 3.8) is 0 Å². The van der Waals surface area contributed by atoms with Gasteiger partial charge < -0.3 is 10.6 Å². The van der Waals surface area contributed by atoms with Crippen LogP contribution in [0.4, 0.5) is 0 Å². The molecule has 1 aromatic heterocycles. The quantitative estimate of drug-likeness (QED) is 0.767. The third kappa shape index (κ3) is 3.13. The van der Waals surface area contributed by atoms with Crippen LogP contribution in [-0.4, -0.2) is 27.7 Å². The summed E-state index contributed by atoms with van der Waals surface area (Å²) in [5.41, 5.74) is 11.5. The van der Waals surface area contributed by atoms with Crippen LogP contribution in [0.15, 0.2) is 48.5 Å². The van der Waals surface area contributed by atoms with Crippen molar-refractivity contribution in [2.75, 3.05) is 0 Å². The summed E-state index contributed by atoms with van der Waals surface area (Å²) in [4.78, 5) is 31.6. The van der Waals surface area contributed by atoms with Gasteiger partial charge in [-0.3, -0.25) is 14.6 Å². The van der Waals surface area contributed by atoms with E-state index in [4.69, 9.17) is 5.73 Å². The van der Waals surface area contributed by atoms with Crippen LogP contribution < -0.4 is 5.73 Å². The highest BCUT2D eigenvalue weighted by Gasteiger charge is 2.33. The molecule has 0 aliphatic carbocycles. The minimum absolute atomic E-state index is 0.0958. The van der Waals surface area contributed by atoms with E-state index in [1.165, 1.54) is 0 Å². The molecule has 0 saturated heterocycles. The number of pyridine rings is 1. The fourth-order valence-corrected chi connectivity index (χ4v) is 4.12. The van der Waals surface area contributed by atoms with Gasteiger partial charge in [0.15, 0.2) is 0 Å². The minimum Gasteiger partial charge on any atom is -0.368 e. The maximum absolute atomic E-state index is 13.2. The third-order valence-corrected chi connectivity index (χ3v) is 5.71. The van der Waals surface area contributed by atoms with Gasteiger partial charge in [-0.05, 0) is 42.2 Å². The Hall–Kier alpha value is -3.21. The summed E-state index contributed by atoms with van der Waals surface area (Å²) in [7, 11) is 0. The Morgan fingerprint density at radius 3 is 2.50 bits per heavy atom. The Balaban J connectivity index is 1.68. The van der Waals surface area contributed by atoms with Crippen LogP contribution in [0.3, 0.4) is 0 Å². The van der Waals surface area contributed by atoms with E-state index >= 15 is 0 Å². The molecule has 1 atom stereocenters. The fraction of sp³-hybridized carbons (Fsp3) is 0.261. The van der Waals surface area contributed by atoms with Crippen molar-refractivity contribution < 1.29 is 9.59 Å². The van der Waals surface area contributed by atoms with Crippen LogP contribution in [0.25, 0.3) is 10.9 Å². The number of aryl methyl sites for hydroxylation is 2. The molecule has 2 heterocycles. The van der Waals surface area contributed by atoms with Gasteiger partial charge in [-0.1, -0.05) is 42.5 Å². The lowest BCUT2D eigenvalue weighted by Crippen LogP contribution is -2.51. The van der Waals surface area contributed by atoms with Crippen molar-refractivity contribution in [2.24, 2.45) is 5.73 Å². The summed E-state index contributed by atoms with van der Waals surface area (Å²) in [6.07, 6.45) is 0.673. The minimum atomic E-state index is -0.614. The van der Waals surface area contributed by atoms with Crippen LogP contribution in [0.2, 0.25) is 0 Å². The number of carbonyl (C=O) groups is 2. The second kappa shape index (κ2) is 7.08. The number of hydrogen-bond acceptors (Lipinski definition) is 3. The standard InChI is InChI=1S/C23H23N3O2/c1-14-18-9-5-6-10-20(18)25-15(2)19(14)12-22(27)26-13-17-8-4-3-7-16(17)11-21(26)23(24)28/h3-10,21H,11-13H2,1-2H3,(H2,24,28)/t21-/m1/s1. The van der Waals surface area contributed by atoms with Gasteiger partial charge in [0.05, 0.1) is 11.9 Å². The smallest absolute Gasteiger partial charge is 0.240 e. The molecule has 0 saturated carbocycles. The van der Waals surface area contributed by atoms with Gasteiger partial charge in [0.2, 0.25) is 11.8 Å². The van der Waals surface area contributed by atoms with Gasteiger partial charge in [-0.25, -0.2) is 0 Å². The summed E-state index contributed by atoms with van der Waals surface area (Å²) in [5, 5.41) is 1.05. The van der Waals surface area contributed by atoms with E-state index in [0.29, 0.717) is 13.0 Å². The molecular weight excluding hydrogens is 350 g/mol. The average Bonchev–Trinajstić information content (AvgIpc) is 2.70. The molecular formula is C23H23N3O2. The molecule has 3 aromatic rings. The monoisotopic (exact) mass is 373 g/mol. The van der Waals surface area contributed by atoms with Crippen LogP contribution in [0.1, 0.15) is 27.9 Å². The molecule has 0 spiro atoms. The van der Waals surface area contributed by atoms with E-state index in [1.54, 1.807) is 4.90 Å². The average molecular weight is 373 g/mol. The summed E-state index contributed by atoms with van der Waals surface area (Å²) < 4.78 is 0. The zero-order valence-electron chi connectivity index (χ0n) is 16.1. The maximum atomic E-state index is 13.2. The summed E-state index contributed by atoms with van der Waals surface area (Å²) in [5.74, 6) is -0.561. The Labute approximate surface area is 164 Å². The number of amides is 2. The lowest BCUT2D eigenvalue weighted by molar-refractivity contribution is -0.140. The zero-order chi connectivity index (χ0) is 19.8. The molecule has 0 fully saturated rings. The SMILES string of the molecule is Cc1nc2ccccc2c(C)c1CC(=O)N1Cc2ccccc2C[C@@H]1C(N)=O. The molecule has 4 rings (SSSR count). The van der Waals surface area contributed by atoms with Crippen molar-refractivity contribution in [2.45, 2.75) is 39.3 Å². The van der Waals surface area contributed by atoms with Crippen molar-refractivity contribution in [1.82, 2.24) is 9.88 Å². The Bertz CT molecular complexity index is 1090. The van der Waals surface area contributed by atoms with E-state index < -0.39 is 11.9 Å². The molecule has 1 aliphatic rings. The topological polar surface area (TPSA) is 76.3 Å². The highest BCUT2D eigenvalue weighted by atomic mass is 16.2. The second-order valence-corrected chi connectivity index (χ2v) is 7.41. The van der Waals surface area contributed by atoms with Crippen molar-refractivity contribution >= 4 is 22.7 Å². The van der Waals surface area contributed by atoms with Gasteiger partial charge in [-0.2, -0.15) is 0 Å². The number of nitrogens with zero attached hydrogens (tertiary/aromatic N) is 2. The third-order valence-electron chi connectivity index (χ3n) is 5.71. The predicted molar refractivity (Wildman–Crippen MR) is 109 cm³/mol. The summed E-state index contributed by atoms with van der Waals surface area (Å²) >= 11 is 0. The number of carbonyl (C=O) groups excluding carboxylic acids is 2. The van der Waals surface area contributed by atoms with Crippen LogP contribution in [0, 0.1) is 13.8 Å². The Morgan fingerprint density at radius 1 is 1.07 bits per heavy atom. The van der Waals surface area contributed by atoms with E-state index in [9.17, 15) is 9.59 Å². The molecule has 28 heavy (non-hydrogen) atoms. The van der Waals surface area contributed by atoms with E-state index in [1.807, 2.05) is 62.4 Å². The molecule has 0 bridgehead atoms. The molecule has 2 N–H and O–H groups in total. The first-order chi connectivity index (χ1) is 13.5. The van der Waals surface area contributed by atoms with Gasteiger partial charge in [-0.15, -0.1) is 0 Å². The lowest BCUT2D eigenvalue weighted by atomic mass is 9.92. The molecule has 142 valence electrons. The summed E-state index contributed by atoms with van der Waals surface area (Å²) in [6.45, 7) is 4.36. The molecule has 5 heteroatoms. The summed E-state index contributed by atoms with van der Waals surface area (Å²) in [6, 6.07) is 15.2. The molecule has 0 radical (unpaired) electrons. The lowest BCUT2D eigenvalue weighted by Gasteiger charge is -2.35. The number of hydrogen-bond donors (Lipinski definition) is 1. The highest BCUT2D eigenvalue weighted by Crippen LogP contribution is 2.27. The molecule has 0 unspecified atom stereocenters. The Morgan fingerprint density at radius 2 is 1.75 bits per heavy atom. The number of aromatic nitrogens is 1. The van der Waals surface area contributed by atoms with Crippen LogP contribution >= 0.6 is 0 Å². The Kier molecular flexibility index (Phi) is 4.59. The van der Waals surface area contributed by atoms with E-state index in [0.717, 1.165) is 38.9 Å². The van der Waals surface area contributed by atoms with Crippen molar-refractivity contribution in [1.29, 1.82) is 0 Å². The van der Waals surface area contributed by atoms with Gasteiger partial charge in [0.1, 0.15) is 6.04 Å². The predicted octanol–water partition coefficient (Wildman–Crippen LogP) is 2.83. The first kappa shape index (κ1) is 18.2. The van der Waals surface area contributed by atoms with E-state index in [2.05, 4.69) is 4.98 Å². The number of para-hydroxylation sites is 1. The first-order valence-electron chi connectivity index (χ1n) is 9.46. The molecule has 2 aromatic carbocycles. The fourth-order valence-electron chi connectivity index (χ4n) is 4.12. The number of fused-ring (bicyclic) bond motifs is 2.